The van der Waals surface area contributed by atoms with Gasteiger partial charge in [0.15, 0.2) is 17.3 Å². The molecule has 3 atom stereocenters. The molecule has 152 valence electrons. The maximum atomic E-state index is 14.1. The second-order valence-corrected chi connectivity index (χ2v) is 7.79. The van der Waals surface area contributed by atoms with Crippen molar-refractivity contribution in [1.82, 2.24) is 19.5 Å². The van der Waals surface area contributed by atoms with Gasteiger partial charge in [-0.3, -0.25) is 4.90 Å². The van der Waals surface area contributed by atoms with E-state index >= 15 is 0 Å². The van der Waals surface area contributed by atoms with Crippen LogP contribution in [0.2, 0.25) is 0 Å². The number of hydrogen-bond acceptors (Lipinski definition) is 5. The van der Waals surface area contributed by atoms with E-state index in [9.17, 15) is 13.2 Å². The summed E-state index contributed by atoms with van der Waals surface area (Å²) >= 11 is 0. The first-order chi connectivity index (χ1) is 13.9. The highest BCUT2D eigenvalue weighted by Gasteiger charge is 2.37. The van der Waals surface area contributed by atoms with E-state index in [-0.39, 0.29) is 11.6 Å². The van der Waals surface area contributed by atoms with Gasteiger partial charge in [-0.2, -0.15) is 5.10 Å². The first-order valence-corrected chi connectivity index (χ1v) is 9.49. The van der Waals surface area contributed by atoms with Gasteiger partial charge < -0.3 is 10.5 Å². The Kier molecular flexibility index (Phi) is 4.34. The minimum atomic E-state index is -1.22. The molecule has 2 aliphatic heterocycles. The minimum Gasteiger partial charge on any atom is -0.370 e. The molecule has 0 amide bonds. The van der Waals surface area contributed by atoms with Gasteiger partial charge in [0.05, 0.1) is 18.0 Å². The predicted molar refractivity (Wildman–Crippen MR) is 98.4 cm³/mol. The number of halogens is 3. The summed E-state index contributed by atoms with van der Waals surface area (Å²) in [6.07, 6.45) is 1.61. The Bertz CT molecular complexity index is 1100. The molecule has 0 aliphatic carbocycles. The molecule has 2 aliphatic rings. The van der Waals surface area contributed by atoms with Crippen LogP contribution in [0, 0.1) is 24.4 Å². The van der Waals surface area contributed by atoms with Crippen molar-refractivity contribution in [3.8, 4) is 0 Å². The highest BCUT2D eigenvalue weighted by molar-refractivity contribution is 5.43. The van der Waals surface area contributed by atoms with E-state index in [0.29, 0.717) is 32.2 Å². The van der Waals surface area contributed by atoms with E-state index in [1.807, 2.05) is 23.7 Å². The summed E-state index contributed by atoms with van der Waals surface area (Å²) in [7, 11) is 0. The van der Waals surface area contributed by atoms with Crippen molar-refractivity contribution in [2.75, 3.05) is 6.61 Å². The summed E-state index contributed by atoms with van der Waals surface area (Å²) in [6.45, 7) is 3.63. The zero-order chi connectivity index (χ0) is 20.3. The summed E-state index contributed by atoms with van der Waals surface area (Å²) < 4.78 is 48.7. The Balaban J connectivity index is 1.34. The Labute approximate surface area is 165 Å². The molecule has 2 aromatic heterocycles. The van der Waals surface area contributed by atoms with Gasteiger partial charge in [-0.15, -0.1) is 0 Å². The second kappa shape index (κ2) is 6.79. The van der Waals surface area contributed by atoms with Crippen LogP contribution >= 0.6 is 0 Å². The summed E-state index contributed by atoms with van der Waals surface area (Å²) in [5.41, 5.74) is 10.1. The lowest BCUT2D eigenvalue weighted by Crippen LogP contribution is -2.47. The SMILES string of the molecule is Cc1cc2ncc3c(n2n1)CN([C@H]1CO[C@H](c2cc(F)c(F)cc2F)[C@@H](N)C1)C3. The predicted octanol–water partition coefficient (Wildman–Crippen LogP) is 2.63. The standard InChI is InChI=1S/C20H20F3N5O/c1-10-2-19-25-6-11-7-27(8-18(11)28(19)26-10)12-3-17(24)20(29-9-12)13-4-15(22)16(23)5-14(13)21/h2,4-6,12,17,20H,3,7-9,24H2,1H3/t12-,17+,20-/m1/s1. The first-order valence-electron chi connectivity index (χ1n) is 9.49. The molecular formula is C20H20F3N5O. The molecule has 1 saturated heterocycles. The molecular weight excluding hydrogens is 383 g/mol. The number of aromatic nitrogens is 3. The molecule has 1 aromatic carbocycles. The summed E-state index contributed by atoms with van der Waals surface area (Å²) in [5.74, 6) is -3.18. The number of rotatable bonds is 2. The lowest BCUT2D eigenvalue weighted by molar-refractivity contribution is -0.0533. The maximum absolute atomic E-state index is 14.1. The Hall–Kier alpha value is -2.49. The van der Waals surface area contributed by atoms with Gasteiger partial charge in [0.25, 0.3) is 0 Å². The third-order valence-electron chi connectivity index (χ3n) is 5.78. The molecule has 3 aromatic rings. The summed E-state index contributed by atoms with van der Waals surface area (Å²) in [4.78, 5) is 6.69. The number of fused-ring (bicyclic) bond motifs is 3. The Morgan fingerprint density at radius 2 is 1.90 bits per heavy atom. The zero-order valence-electron chi connectivity index (χ0n) is 15.8. The molecule has 1 fully saturated rings. The van der Waals surface area contributed by atoms with Crippen LogP contribution in [0.1, 0.15) is 35.0 Å². The van der Waals surface area contributed by atoms with Crippen LogP contribution in [-0.2, 0) is 17.8 Å². The maximum Gasteiger partial charge on any atom is 0.161 e. The third kappa shape index (κ3) is 3.09. The van der Waals surface area contributed by atoms with Crippen molar-refractivity contribution < 1.29 is 17.9 Å². The monoisotopic (exact) mass is 403 g/mol. The average Bonchev–Trinajstić information content (AvgIpc) is 3.27. The topological polar surface area (TPSA) is 68.7 Å². The third-order valence-corrected chi connectivity index (χ3v) is 5.78. The van der Waals surface area contributed by atoms with Crippen LogP contribution in [-0.4, -0.2) is 38.2 Å². The van der Waals surface area contributed by atoms with Gasteiger partial charge in [0.2, 0.25) is 0 Å². The van der Waals surface area contributed by atoms with Gasteiger partial charge in [-0.05, 0) is 19.4 Å². The molecule has 0 spiro atoms. The van der Waals surface area contributed by atoms with Crippen molar-refractivity contribution >= 4 is 5.65 Å². The van der Waals surface area contributed by atoms with Crippen molar-refractivity contribution in [2.45, 2.75) is 44.6 Å². The van der Waals surface area contributed by atoms with E-state index < -0.39 is 29.6 Å². The average molecular weight is 403 g/mol. The Morgan fingerprint density at radius 3 is 2.69 bits per heavy atom. The quantitative estimate of drug-likeness (QED) is 0.667. The smallest absolute Gasteiger partial charge is 0.161 e. The minimum absolute atomic E-state index is 0.0220. The summed E-state index contributed by atoms with van der Waals surface area (Å²) in [6, 6.07) is 2.79. The molecule has 6 nitrogen and oxygen atoms in total. The van der Waals surface area contributed by atoms with Crippen molar-refractivity contribution in [3.05, 3.63) is 64.4 Å². The van der Waals surface area contributed by atoms with Crippen molar-refractivity contribution in [2.24, 2.45) is 5.73 Å². The molecule has 2 N–H and O–H groups in total. The van der Waals surface area contributed by atoms with Crippen LogP contribution in [0.4, 0.5) is 13.2 Å². The number of ether oxygens (including phenoxy) is 1. The van der Waals surface area contributed by atoms with Gasteiger partial charge >= 0.3 is 0 Å². The molecule has 0 unspecified atom stereocenters. The van der Waals surface area contributed by atoms with E-state index in [4.69, 9.17) is 10.5 Å². The fourth-order valence-electron chi connectivity index (χ4n) is 4.33. The molecule has 29 heavy (non-hydrogen) atoms. The molecule has 9 heteroatoms. The fraction of sp³-hybridized carbons (Fsp3) is 0.400. The van der Waals surface area contributed by atoms with Crippen LogP contribution in [0.3, 0.4) is 0 Å². The lowest BCUT2D eigenvalue weighted by atomic mass is 9.93. The first kappa shape index (κ1) is 18.5. The number of nitrogens with two attached hydrogens (primary N) is 1. The van der Waals surface area contributed by atoms with E-state index in [0.717, 1.165) is 28.7 Å². The normalized spacial score (nSPS) is 24.9. The van der Waals surface area contributed by atoms with Crippen LogP contribution in [0.5, 0.6) is 0 Å². The number of benzene rings is 1. The van der Waals surface area contributed by atoms with E-state index in [2.05, 4.69) is 15.0 Å². The molecule has 4 heterocycles. The van der Waals surface area contributed by atoms with Gasteiger partial charge in [0, 0.05) is 54.6 Å². The molecule has 5 rings (SSSR count). The largest absolute Gasteiger partial charge is 0.370 e. The number of hydrogen-bond donors (Lipinski definition) is 1. The zero-order valence-corrected chi connectivity index (χ0v) is 15.8. The van der Waals surface area contributed by atoms with Crippen LogP contribution < -0.4 is 5.73 Å². The Morgan fingerprint density at radius 1 is 1.10 bits per heavy atom. The van der Waals surface area contributed by atoms with Gasteiger partial charge in [-0.1, -0.05) is 0 Å². The van der Waals surface area contributed by atoms with Gasteiger partial charge in [0.1, 0.15) is 11.9 Å². The van der Waals surface area contributed by atoms with Crippen molar-refractivity contribution in [3.63, 3.8) is 0 Å². The highest BCUT2D eigenvalue weighted by Crippen LogP contribution is 2.34. The molecule has 0 saturated carbocycles. The number of nitrogens with zero attached hydrogens (tertiary/aromatic N) is 4. The second-order valence-electron chi connectivity index (χ2n) is 7.79. The van der Waals surface area contributed by atoms with Crippen molar-refractivity contribution in [1.29, 1.82) is 0 Å². The fourth-order valence-corrected chi connectivity index (χ4v) is 4.33. The number of aryl methyl sites for hydroxylation is 1. The highest BCUT2D eigenvalue weighted by atomic mass is 19.2. The molecule has 0 radical (unpaired) electrons. The van der Waals surface area contributed by atoms with E-state index in [1.165, 1.54) is 0 Å². The van der Waals surface area contributed by atoms with Crippen LogP contribution in [0.25, 0.3) is 5.65 Å². The molecule has 0 bridgehead atoms. The van der Waals surface area contributed by atoms with Gasteiger partial charge in [-0.25, -0.2) is 22.7 Å². The van der Waals surface area contributed by atoms with Crippen LogP contribution in [0.15, 0.2) is 24.4 Å². The lowest BCUT2D eigenvalue weighted by Gasteiger charge is -2.38. The summed E-state index contributed by atoms with van der Waals surface area (Å²) in [5, 5.41) is 4.52. The van der Waals surface area contributed by atoms with E-state index in [1.54, 1.807) is 0 Å².